The highest BCUT2D eigenvalue weighted by atomic mass is 16.7. The molecule has 5 rings (SSSR count). The molecule has 3 aromatic rings. The van der Waals surface area contributed by atoms with E-state index >= 15 is 0 Å². The number of benzene rings is 3. The molecule has 6 nitrogen and oxygen atoms in total. The van der Waals surface area contributed by atoms with E-state index in [-0.39, 0.29) is 12.5 Å². The number of methoxy groups -OCH3 is 1. The maximum Gasteiger partial charge on any atom is 0.186 e. The number of hydrogen-bond acceptors (Lipinski definition) is 6. The second kappa shape index (κ2) is 11.6. The molecular formula is C30H34O6. The monoisotopic (exact) mass is 490 g/mol. The average Bonchev–Trinajstić information content (AvgIpc) is 3.65. The lowest BCUT2D eigenvalue weighted by Crippen LogP contribution is -2.62. The van der Waals surface area contributed by atoms with Gasteiger partial charge in [-0.25, -0.2) is 0 Å². The molecule has 2 aliphatic rings. The highest BCUT2D eigenvalue weighted by Gasteiger charge is 2.69. The largest absolute Gasteiger partial charge is 0.396 e. The summed E-state index contributed by atoms with van der Waals surface area (Å²) < 4.78 is 31.9. The molecule has 0 bridgehead atoms. The summed E-state index contributed by atoms with van der Waals surface area (Å²) in [5, 5.41) is 10.0. The smallest absolute Gasteiger partial charge is 0.186 e. The van der Waals surface area contributed by atoms with Gasteiger partial charge >= 0.3 is 0 Å². The Kier molecular flexibility index (Phi) is 8.12. The minimum atomic E-state index is -0.682. The first-order valence-electron chi connectivity index (χ1n) is 12.5. The van der Waals surface area contributed by atoms with E-state index in [1.54, 1.807) is 7.11 Å². The van der Waals surface area contributed by atoms with Crippen molar-refractivity contribution in [3.63, 3.8) is 0 Å². The van der Waals surface area contributed by atoms with Crippen LogP contribution in [-0.4, -0.2) is 49.0 Å². The molecule has 0 amide bonds. The van der Waals surface area contributed by atoms with Gasteiger partial charge < -0.3 is 28.8 Å². The van der Waals surface area contributed by atoms with Crippen molar-refractivity contribution < 1.29 is 28.8 Å². The standard InChI is InChI=1S/C30H34O6/c1-32-29-27(34-20-23-13-7-3-8-14-23)26(33-19-22-11-5-2-6-12-22)28(30(36-29)17-25(30)18-31)35-21-24-15-9-4-10-16-24/h2-16,25-29,31H,17-21H2,1H3/t25?,26?,27-,28?,29-,30+/m1/s1. The van der Waals surface area contributed by atoms with Crippen LogP contribution in [0.2, 0.25) is 0 Å². The van der Waals surface area contributed by atoms with Crippen molar-refractivity contribution in [2.45, 2.75) is 56.4 Å². The fraction of sp³-hybridized carbons (Fsp3) is 0.400. The highest BCUT2D eigenvalue weighted by molar-refractivity contribution is 5.19. The molecule has 1 aliphatic carbocycles. The molecule has 3 aromatic carbocycles. The summed E-state index contributed by atoms with van der Waals surface area (Å²) in [6.45, 7) is 1.21. The third kappa shape index (κ3) is 5.54. The van der Waals surface area contributed by atoms with Gasteiger partial charge in [0.1, 0.15) is 23.9 Å². The van der Waals surface area contributed by atoms with Crippen LogP contribution in [0, 0.1) is 5.92 Å². The lowest BCUT2D eigenvalue weighted by molar-refractivity contribution is -0.330. The zero-order chi connectivity index (χ0) is 24.8. The van der Waals surface area contributed by atoms with Crippen LogP contribution in [0.1, 0.15) is 23.1 Å². The van der Waals surface area contributed by atoms with Crippen LogP contribution in [0.15, 0.2) is 91.0 Å². The Balaban J connectivity index is 1.42. The van der Waals surface area contributed by atoms with Gasteiger partial charge in [0.15, 0.2) is 6.29 Å². The summed E-state index contributed by atoms with van der Waals surface area (Å²) in [5.74, 6) is -0.0474. The molecule has 0 aromatic heterocycles. The van der Waals surface area contributed by atoms with Gasteiger partial charge in [0.25, 0.3) is 0 Å². The molecule has 1 aliphatic heterocycles. The van der Waals surface area contributed by atoms with Crippen molar-refractivity contribution in [3.8, 4) is 0 Å². The third-order valence-electron chi connectivity index (χ3n) is 7.10. The Morgan fingerprint density at radius 1 is 0.722 bits per heavy atom. The van der Waals surface area contributed by atoms with Crippen LogP contribution in [0.3, 0.4) is 0 Å². The van der Waals surface area contributed by atoms with E-state index in [0.29, 0.717) is 26.2 Å². The van der Waals surface area contributed by atoms with Crippen LogP contribution >= 0.6 is 0 Å². The van der Waals surface area contributed by atoms with Gasteiger partial charge in [0.05, 0.1) is 19.8 Å². The Hall–Kier alpha value is -2.58. The topological polar surface area (TPSA) is 66.4 Å². The lowest BCUT2D eigenvalue weighted by Gasteiger charge is -2.46. The molecule has 1 saturated heterocycles. The van der Waals surface area contributed by atoms with Crippen molar-refractivity contribution in [1.82, 2.24) is 0 Å². The number of aliphatic hydroxyl groups excluding tert-OH is 1. The van der Waals surface area contributed by atoms with Crippen LogP contribution in [0.4, 0.5) is 0 Å². The number of rotatable bonds is 11. The molecule has 1 heterocycles. The summed E-state index contributed by atoms with van der Waals surface area (Å²) >= 11 is 0. The van der Waals surface area contributed by atoms with E-state index in [1.807, 2.05) is 91.0 Å². The fourth-order valence-corrected chi connectivity index (χ4v) is 5.06. The van der Waals surface area contributed by atoms with E-state index in [0.717, 1.165) is 16.7 Å². The van der Waals surface area contributed by atoms with Gasteiger partial charge in [-0.15, -0.1) is 0 Å². The van der Waals surface area contributed by atoms with Crippen LogP contribution in [0.25, 0.3) is 0 Å². The normalized spacial score (nSPS) is 29.3. The Morgan fingerprint density at radius 3 is 1.64 bits per heavy atom. The van der Waals surface area contributed by atoms with Crippen LogP contribution < -0.4 is 0 Å². The van der Waals surface area contributed by atoms with Gasteiger partial charge in [0.2, 0.25) is 0 Å². The first-order valence-corrected chi connectivity index (χ1v) is 12.5. The van der Waals surface area contributed by atoms with Gasteiger partial charge in [-0.2, -0.15) is 0 Å². The molecule has 0 radical (unpaired) electrons. The van der Waals surface area contributed by atoms with E-state index in [1.165, 1.54) is 0 Å². The summed E-state index contributed by atoms with van der Waals surface area (Å²) in [6.07, 6.45) is -1.40. The summed E-state index contributed by atoms with van der Waals surface area (Å²) in [7, 11) is 1.62. The summed E-state index contributed by atoms with van der Waals surface area (Å²) in [6, 6.07) is 30.1. The van der Waals surface area contributed by atoms with Crippen molar-refractivity contribution in [3.05, 3.63) is 108 Å². The zero-order valence-corrected chi connectivity index (χ0v) is 20.6. The molecule has 1 N–H and O–H groups in total. The van der Waals surface area contributed by atoms with E-state index in [9.17, 15) is 5.11 Å². The molecule has 6 heteroatoms. The zero-order valence-electron chi connectivity index (χ0n) is 20.6. The molecule has 1 saturated carbocycles. The second-order valence-electron chi connectivity index (χ2n) is 9.50. The molecule has 1 spiro atoms. The SMILES string of the molecule is CO[C@@H]1O[C@]2(CC2CO)C(OCc2ccccc2)C(OCc2ccccc2)[C@H]1OCc1ccccc1. The quantitative estimate of drug-likeness (QED) is 0.427. The first-order chi connectivity index (χ1) is 17.7. The van der Waals surface area contributed by atoms with Gasteiger partial charge in [-0.05, 0) is 23.1 Å². The maximum absolute atomic E-state index is 10.0. The Morgan fingerprint density at radius 2 is 1.19 bits per heavy atom. The van der Waals surface area contributed by atoms with Gasteiger partial charge in [0, 0.05) is 19.6 Å². The summed E-state index contributed by atoms with van der Waals surface area (Å²) in [5.41, 5.74) is 2.49. The van der Waals surface area contributed by atoms with Crippen molar-refractivity contribution in [1.29, 1.82) is 0 Å². The highest BCUT2D eigenvalue weighted by Crippen LogP contribution is 2.55. The lowest BCUT2D eigenvalue weighted by atomic mass is 9.94. The van der Waals surface area contributed by atoms with Crippen LogP contribution in [-0.2, 0) is 43.5 Å². The predicted molar refractivity (Wildman–Crippen MR) is 135 cm³/mol. The molecular weight excluding hydrogens is 456 g/mol. The molecule has 190 valence electrons. The Bertz CT molecular complexity index is 1060. The minimum Gasteiger partial charge on any atom is -0.396 e. The maximum atomic E-state index is 10.0. The molecule has 36 heavy (non-hydrogen) atoms. The van der Waals surface area contributed by atoms with E-state index < -0.39 is 30.2 Å². The van der Waals surface area contributed by atoms with Gasteiger partial charge in [-0.1, -0.05) is 91.0 Å². The number of ether oxygens (including phenoxy) is 5. The van der Waals surface area contributed by atoms with Crippen molar-refractivity contribution >= 4 is 0 Å². The predicted octanol–water partition coefficient (Wildman–Crippen LogP) is 4.50. The second-order valence-corrected chi connectivity index (χ2v) is 9.50. The molecule has 3 unspecified atom stereocenters. The van der Waals surface area contributed by atoms with Crippen molar-refractivity contribution in [2.24, 2.45) is 5.92 Å². The van der Waals surface area contributed by atoms with Crippen molar-refractivity contribution in [2.75, 3.05) is 13.7 Å². The molecule has 2 fully saturated rings. The summed E-state index contributed by atoms with van der Waals surface area (Å²) in [4.78, 5) is 0. The molecule has 6 atom stereocenters. The number of hydrogen-bond donors (Lipinski definition) is 1. The van der Waals surface area contributed by atoms with E-state index in [2.05, 4.69) is 0 Å². The van der Waals surface area contributed by atoms with Crippen LogP contribution in [0.5, 0.6) is 0 Å². The first kappa shape index (κ1) is 25.1. The third-order valence-corrected chi connectivity index (χ3v) is 7.10. The average molecular weight is 491 g/mol. The minimum absolute atomic E-state index is 0.0164. The Labute approximate surface area is 212 Å². The van der Waals surface area contributed by atoms with Gasteiger partial charge in [-0.3, -0.25) is 0 Å². The van der Waals surface area contributed by atoms with E-state index in [4.69, 9.17) is 23.7 Å². The number of aliphatic hydroxyl groups is 1. The fourth-order valence-electron chi connectivity index (χ4n) is 5.06.